The third-order valence-electron chi connectivity index (χ3n) is 3.12. The zero-order valence-corrected chi connectivity index (χ0v) is 10.4. The van der Waals surface area contributed by atoms with Crippen LogP contribution < -0.4 is 5.32 Å². The predicted molar refractivity (Wildman–Crippen MR) is 69.9 cm³/mol. The Labute approximate surface area is 96.7 Å². The van der Waals surface area contributed by atoms with Gasteiger partial charge in [0.1, 0.15) is 0 Å². The molecule has 0 radical (unpaired) electrons. The topological polar surface area (TPSA) is 12.0 Å². The van der Waals surface area contributed by atoms with E-state index in [4.69, 9.17) is 0 Å². The Morgan fingerprint density at radius 3 is 2.93 bits per heavy atom. The molecule has 1 nitrogen and oxygen atoms in total. The SMILES string of the molecule is Cc1cccc(N[C@H]2CCCSC2)c1C. The molecule has 1 heterocycles. The second-order valence-corrected chi connectivity index (χ2v) is 5.46. The Kier molecular flexibility index (Phi) is 3.57. The van der Waals surface area contributed by atoms with Gasteiger partial charge in [-0.25, -0.2) is 0 Å². The Hall–Kier alpha value is -0.630. The van der Waals surface area contributed by atoms with Crippen LogP contribution in [-0.2, 0) is 0 Å². The van der Waals surface area contributed by atoms with Gasteiger partial charge < -0.3 is 5.32 Å². The molecular formula is C13H19NS. The minimum Gasteiger partial charge on any atom is -0.381 e. The van der Waals surface area contributed by atoms with Crippen molar-refractivity contribution in [1.82, 2.24) is 0 Å². The van der Waals surface area contributed by atoms with Gasteiger partial charge in [0, 0.05) is 17.5 Å². The van der Waals surface area contributed by atoms with Crippen LogP contribution in [0.4, 0.5) is 5.69 Å². The Morgan fingerprint density at radius 2 is 2.20 bits per heavy atom. The summed E-state index contributed by atoms with van der Waals surface area (Å²) in [5.74, 6) is 2.60. The van der Waals surface area contributed by atoms with Crippen LogP contribution in [0.3, 0.4) is 0 Å². The second-order valence-electron chi connectivity index (χ2n) is 4.31. The highest BCUT2D eigenvalue weighted by molar-refractivity contribution is 7.99. The van der Waals surface area contributed by atoms with Crippen molar-refractivity contribution in [3.05, 3.63) is 29.3 Å². The van der Waals surface area contributed by atoms with E-state index >= 15 is 0 Å². The Balaban J connectivity index is 2.06. The second kappa shape index (κ2) is 4.93. The third kappa shape index (κ3) is 2.69. The number of hydrogen-bond donors (Lipinski definition) is 1. The number of nitrogens with one attached hydrogen (secondary N) is 1. The molecule has 0 aliphatic carbocycles. The van der Waals surface area contributed by atoms with Crippen LogP contribution in [0.15, 0.2) is 18.2 Å². The number of anilines is 1. The van der Waals surface area contributed by atoms with Gasteiger partial charge in [-0.05, 0) is 49.6 Å². The lowest BCUT2D eigenvalue weighted by molar-refractivity contribution is 0.684. The minimum absolute atomic E-state index is 0.671. The highest BCUT2D eigenvalue weighted by Gasteiger charge is 2.14. The summed E-state index contributed by atoms with van der Waals surface area (Å²) in [6.45, 7) is 4.38. The molecule has 1 saturated heterocycles. The molecule has 1 N–H and O–H groups in total. The first-order valence-corrected chi connectivity index (χ1v) is 6.83. The van der Waals surface area contributed by atoms with E-state index < -0.39 is 0 Å². The maximum atomic E-state index is 3.67. The van der Waals surface area contributed by atoms with Gasteiger partial charge in [-0.2, -0.15) is 11.8 Å². The van der Waals surface area contributed by atoms with Gasteiger partial charge in [0.05, 0.1) is 0 Å². The molecule has 0 aromatic heterocycles. The molecule has 0 amide bonds. The van der Waals surface area contributed by atoms with E-state index in [1.165, 1.54) is 41.2 Å². The highest BCUT2D eigenvalue weighted by atomic mass is 32.2. The lowest BCUT2D eigenvalue weighted by atomic mass is 10.1. The molecule has 0 spiro atoms. The molecule has 1 aromatic rings. The lowest BCUT2D eigenvalue weighted by Gasteiger charge is -2.24. The van der Waals surface area contributed by atoms with Gasteiger partial charge in [-0.3, -0.25) is 0 Å². The monoisotopic (exact) mass is 221 g/mol. The molecule has 0 saturated carbocycles. The fourth-order valence-electron chi connectivity index (χ4n) is 1.98. The molecule has 1 aliphatic rings. The molecule has 0 bridgehead atoms. The predicted octanol–water partition coefficient (Wildman–Crippen LogP) is 3.61. The molecule has 82 valence electrons. The number of rotatable bonds is 2. The summed E-state index contributed by atoms with van der Waals surface area (Å²) in [4.78, 5) is 0. The quantitative estimate of drug-likeness (QED) is 0.818. The summed E-state index contributed by atoms with van der Waals surface area (Å²) in [5, 5.41) is 3.67. The third-order valence-corrected chi connectivity index (χ3v) is 4.34. The number of hydrogen-bond acceptors (Lipinski definition) is 2. The van der Waals surface area contributed by atoms with E-state index in [9.17, 15) is 0 Å². The van der Waals surface area contributed by atoms with Crippen LogP contribution in [0.2, 0.25) is 0 Å². The van der Waals surface area contributed by atoms with Gasteiger partial charge in [0.2, 0.25) is 0 Å². The first-order chi connectivity index (χ1) is 7.27. The fraction of sp³-hybridized carbons (Fsp3) is 0.538. The largest absolute Gasteiger partial charge is 0.381 e. The summed E-state index contributed by atoms with van der Waals surface area (Å²) in [5.41, 5.74) is 4.10. The van der Waals surface area contributed by atoms with E-state index in [0.717, 1.165) is 0 Å². The summed E-state index contributed by atoms with van der Waals surface area (Å²) in [6.07, 6.45) is 2.67. The van der Waals surface area contributed by atoms with E-state index in [-0.39, 0.29) is 0 Å². The summed E-state index contributed by atoms with van der Waals surface area (Å²) in [6, 6.07) is 7.18. The Morgan fingerprint density at radius 1 is 1.33 bits per heavy atom. The van der Waals surface area contributed by atoms with Gasteiger partial charge in [-0.15, -0.1) is 0 Å². The van der Waals surface area contributed by atoms with Gasteiger partial charge >= 0.3 is 0 Å². The van der Waals surface area contributed by atoms with Crippen molar-refractivity contribution in [2.75, 3.05) is 16.8 Å². The van der Waals surface area contributed by atoms with Crippen LogP contribution in [0.1, 0.15) is 24.0 Å². The molecule has 1 fully saturated rings. The van der Waals surface area contributed by atoms with Crippen LogP contribution in [0.5, 0.6) is 0 Å². The number of benzene rings is 1. The molecule has 1 aromatic carbocycles. The molecule has 2 rings (SSSR count). The van der Waals surface area contributed by atoms with Crippen molar-refractivity contribution in [1.29, 1.82) is 0 Å². The number of aryl methyl sites for hydroxylation is 1. The summed E-state index contributed by atoms with van der Waals surface area (Å²) >= 11 is 2.07. The van der Waals surface area contributed by atoms with Gasteiger partial charge in [0.15, 0.2) is 0 Å². The van der Waals surface area contributed by atoms with Crippen LogP contribution in [0, 0.1) is 13.8 Å². The lowest BCUT2D eigenvalue weighted by Crippen LogP contribution is -2.26. The van der Waals surface area contributed by atoms with Crippen molar-refractivity contribution in [3.63, 3.8) is 0 Å². The molecule has 0 unspecified atom stereocenters. The molecule has 15 heavy (non-hydrogen) atoms. The molecule has 2 heteroatoms. The van der Waals surface area contributed by atoms with E-state index in [1.54, 1.807) is 0 Å². The van der Waals surface area contributed by atoms with Gasteiger partial charge in [0.25, 0.3) is 0 Å². The maximum absolute atomic E-state index is 3.67. The first kappa shape index (κ1) is 10.9. The smallest absolute Gasteiger partial charge is 0.0374 e. The van der Waals surface area contributed by atoms with E-state index in [0.29, 0.717) is 6.04 Å². The van der Waals surface area contributed by atoms with Crippen molar-refractivity contribution in [3.8, 4) is 0 Å². The van der Waals surface area contributed by atoms with E-state index in [2.05, 4.69) is 49.1 Å². The fourth-order valence-corrected chi connectivity index (χ4v) is 3.05. The summed E-state index contributed by atoms with van der Waals surface area (Å²) < 4.78 is 0. The van der Waals surface area contributed by atoms with Crippen molar-refractivity contribution in [2.45, 2.75) is 32.7 Å². The zero-order valence-electron chi connectivity index (χ0n) is 9.55. The first-order valence-electron chi connectivity index (χ1n) is 5.68. The highest BCUT2D eigenvalue weighted by Crippen LogP contribution is 2.24. The normalized spacial score (nSPS) is 21.3. The van der Waals surface area contributed by atoms with Crippen LogP contribution in [-0.4, -0.2) is 17.5 Å². The Bertz CT molecular complexity index is 329. The molecule has 1 atom stereocenters. The van der Waals surface area contributed by atoms with Crippen molar-refractivity contribution < 1.29 is 0 Å². The van der Waals surface area contributed by atoms with E-state index in [1.807, 2.05) is 0 Å². The average Bonchev–Trinajstić information content (AvgIpc) is 2.26. The van der Waals surface area contributed by atoms with Crippen LogP contribution >= 0.6 is 11.8 Å². The average molecular weight is 221 g/mol. The van der Waals surface area contributed by atoms with Crippen LogP contribution in [0.25, 0.3) is 0 Å². The van der Waals surface area contributed by atoms with Crippen molar-refractivity contribution in [2.24, 2.45) is 0 Å². The maximum Gasteiger partial charge on any atom is 0.0374 e. The molecule has 1 aliphatic heterocycles. The molecular weight excluding hydrogens is 202 g/mol. The van der Waals surface area contributed by atoms with Crippen molar-refractivity contribution >= 4 is 17.4 Å². The zero-order chi connectivity index (χ0) is 10.7. The van der Waals surface area contributed by atoms with Gasteiger partial charge in [-0.1, -0.05) is 12.1 Å². The number of thioether (sulfide) groups is 1. The summed E-state index contributed by atoms with van der Waals surface area (Å²) in [7, 11) is 0. The standard InChI is InChI=1S/C13H19NS/c1-10-5-3-7-13(11(10)2)14-12-6-4-8-15-9-12/h3,5,7,12,14H,4,6,8-9H2,1-2H3/t12-/m0/s1. The minimum atomic E-state index is 0.671.